The highest BCUT2D eigenvalue weighted by Gasteiger charge is 2.06. The number of hydrogen-bond acceptors (Lipinski definition) is 3. The number of Topliss-reactive ketones (excluding diaryl/α,β-unsaturated/α-hetero) is 1. The van der Waals surface area contributed by atoms with Gasteiger partial charge in [0, 0.05) is 5.39 Å². The first-order valence-corrected chi connectivity index (χ1v) is 4.68. The van der Waals surface area contributed by atoms with Gasteiger partial charge in [-0.3, -0.25) is 9.59 Å². The average Bonchev–Trinajstić information content (AvgIpc) is 2.48. The van der Waals surface area contributed by atoms with E-state index in [1.165, 1.54) is 18.3 Å². The van der Waals surface area contributed by atoms with Crippen LogP contribution in [0.5, 0.6) is 0 Å². The minimum atomic E-state index is -0.303. The predicted molar refractivity (Wildman–Crippen MR) is 52.5 cm³/mol. The Bertz CT molecular complexity index is 524. The van der Waals surface area contributed by atoms with Crippen LogP contribution in [0, 0.1) is 0 Å². The molecule has 0 aromatic carbocycles. The van der Waals surface area contributed by atoms with Crippen molar-refractivity contribution in [3.63, 3.8) is 0 Å². The fourth-order valence-electron chi connectivity index (χ4n) is 1.19. The Morgan fingerprint density at radius 3 is 3.00 bits per heavy atom. The average molecular weight is 193 g/mol. The van der Waals surface area contributed by atoms with Gasteiger partial charge in [-0.2, -0.15) is 0 Å². The summed E-state index contributed by atoms with van der Waals surface area (Å²) in [5.74, 6) is -0.200. The summed E-state index contributed by atoms with van der Waals surface area (Å²) in [5, 5.41) is 2.79. The Hall–Kier alpha value is -1.42. The summed E-state index contributed by atoms with van der Waals surface area (Å²) in [4.78, 5) is 25.8. The third-order valence-electron chi connectivity index (χ3n) is 1.85. The van der Waals surface area contributed by atoms with Crippen LogP contribution in [0.25, 0.3) is 10.2 Å². The molecule has 2 aromatic heterocycles. The minimum absolute atomic E-state index is 0.200. The number of aromatic amines is 1. The van der Waals surface area contributed by atoms with Gasteiger partial charge in [-0.05, 0) is 24.4 Å². The van der Waals surface area contributed by atoms with Gasteiger partial charge in [0.2, 0.25) is 0 Å². The van der Waals surface area contributed by atoms with Crippen LogP contribution in [0.3, 0.4) is 0 Å². The van der Waals surface area contributed by atoms with Crippen molar-refractivity contribution in [1.29, 1.82) is 0 Å². The summed E-state index contributed by atoms with van der Waals surface area (Å²) in [6.45, 7) is 1.39. The summed E-state index contributed by atoms with van der Waals surface area (Å²) in [6.07, 6.45) is 0. The molecule has 2 rings (SSSR count). The molecule has 13 heavy (non-hydrogen) atoms. The number of carbonyl (C=O) groups excluding carboxylic acids is 1. The highest BCUT2D eigenvalue weighted by molar-refractivity contribution is 7.16. The number of carbonyl (C=O) groups is 1. The molecule has 2 aromatic rings. The van der Waals surface area contributed by atoms with Crippen molar-refractivity contribution in [2.45, 2.75) is 6.92 Å². The first kappa shape index (κ1) is 8.19. The molecule has 0 aliphatic heterocycles. The van der Waals surface area contributed by atoms with E-state index in [0.29, 0.717) is 0 Å². The third-order valence-corrected chi connectivity index (χ3v) is 2.69. The van der Waals surface area contributed by atoms with E-state index in [-0.39, 0.29) is 16.9 Å². The van der Waals surface area contributed by atoms with Crippen molar-refractivity contribution in [3.8, 4) is 0 Å². The smallest absolute Gasteiger partial charge is 0.259 e. The first-order chi connectivity index (χ1) is 6.18. The van der Waals surface area contributed by atoms with Gasteiger partial charge in [0.25, 0.3) is 5.56 Å². The quantitative estimate of drug-likeness (QED) is 0.702. The second-order valence-electron chi connectivity index (χ2n) is 2.77. The number of pyridine rings is 1. The van der Waals surface area contributed by atoms with Gasteiger partial charge in [0.05, 0.1) is 5.56 Å². The summed E-state index contributed by atoms with van der Waals surface area (Å²) in [6, 6.07) is 3.51. The van der Waals surface area contributed by atoms with E-state index >= 15 is 0 Å². The van der Waals surface area contributed by atoms with Gasteiger partial charge in [-0.1, -0.05) is 0 Å². The number of aromatic nitrogens is 1. The third kappa shape index (κ3) is 1.29. The van der Waals surface area contributed by atoms with Gasteiger partial charge in [-0.25, -0.2) is 0 Å². The maximum absolute atomic E-state index is 11.3. The van der Waals surface area contributed by atoms with Crippen LogP contribution in [0.15, 0.2) is 22.3 Å². The lowest BCUT2D eigenvalue weighted by Crippen LogP contribution is -2.14. The topological polar surface area (TPSA) is 49.9 Å². The monoisotopic (exact) mass is 193 g/mol. The Labute approximate surface area is 78.0 Å². The molecule has 0 amide bonds. The Kier molecular flexibility index (Phi) is 1.77. The summed E-state index contributed by atoms with van der Waals surface area (Å²) < 4.78 is 0. The molecule has 1 N–H and O–H groups in total. The van der Waals surface area contributed by atoms with E-state index in [1.54, 1.807) is 6.07 Å². The minimum Gasteiger partial charge on any atom is -0.313 e. The number of rotatable bonds is 1. The molecule has 0 unspecified atom stereocenters. The van der Waals surface area contributed by atoms with Crippen LogP contribution >= 0.6 is 11.3 Å². The molecule has 0 atom stereocenters. The predicted octanol–water partition coefficient (Wildman–Crippen LogP) is 1.79. The van der Waals surface area contributed by atoms with Crippen molar-refractivity contribution < 1.29 is 4.79 Å². The number of hydrogen-bond donors (Lipinski definition) is 1. The summed E-state index contributed by atoms with van der Waals surface area (Å²) in [5.41, 5.74) is -0.0756. The van der Waals surface area contributed by atoms with Crippen LogP contribution < -0.4 is 5.56 Å². The zero-order valence-corrected chi connectivity index (χ0v) is 7.77. The lowest BCUT2D eigenvalue weighted by Gasteiger charge is -1.94. The lowest BCUT2D eigenvalue weighted by atomic mass is 10.2. The second kappa shape index (κ2) is 2.81. The molecule has 0 aliphatic rings. The van der Waals surface area contributed by atoms with Crippen molar-refractivity contribution in [1.82, 2.24) is 4.98 Å². The fourth-order valence-corrected chi connectivity index (χ4v) is 1.95. The number of ketones is 1. The SMILES string of the molecule is CC(=O)c1cc2ccsc2[nH]c1=O. The number of thiophene rings is 1. The van der Waals surface area contributed by atoms with Gasteiger partial charge in [0.1, 0.15) is 4.83 Å². The van der Waals surface area contributed by atoms with Crippen LogP contribution in [-0.2, 0) is 0 Å². The van der Waals surface area contributed by atoms with Crippen LogP contribution in [-0.4, -0.2) is 10.8 Å². The number of H-pyrrole nitrogens is 1. The molecule has 0 radical (unpaired) electrons. The van der Waals surface area contributed by atoms with Gasteiger partial charge in [0.15, 0.2) is 5.78 Å². The maximum Gasteiger partial charge on any atom is 0.259 e. The van der Waals surface area contributed by atoms with E-state index < -0.39 is 0 Å². The maximum atomic E-state index is 11.3. The van der Waals surface area contributed by atoms with E-state index in [4.69, 9.17) is 0 Å². The van der Waals surface area contributed by atoms with Crippen molar-refractivity contribution in [2.24, 2.45) is 0 Å². The highest BCUT2D eigenvalue weighted by Crippen LogP contribution is 2.16. The zero-order chi connectivity index (χ0) is 9.42. The Balaban J connectivity index is 2.84. The molecule has 0 fully saturated rings. The molecule has 2 heterocycles. The first-order valence-electron chi connectivity index (χ1n) is 3.80. The molecular formula is C9H7NO2S. The van der Waals surface area contributed by atoms with Crippen molar-refractivity contribution >= 4 is 27.3 Å². The van der Waals surface area contributed by atoms with Crippen molar-refractivity contribution in [2.75, 3.05) is 0 Å². The molecule has 0 bridgehead atoms. The largest absolute Gasteiger partial charge is 0.313 e. The Morgan fingerprint density at radius 2 is 2.31 bits per heavy atom. The number of fused-ring (bicyclic) bond motifs is 1. The molecule has 0 spiro atoms. The molecule has 66 valence electrons. The standard InChI is InChI=1S/C9H7NO2S/c1-5(11)7-4-6-2-3-13-9(6)10-8(7)12/h2-4H,1H3,(H,10,12). The summed E-state index contributed by atoms with van der Waals surface area (Å²) >= 11 is 1.46. The highest BCUT2D eigenvalue weighted by atomic mass is 32.1. The molecule has 3 nitrogen and oxygen atoms in total. The van der Waals surface area contributed by atoms with Gasteiger partial charge < -0.3 is 4.98 Å². The molecular weight excluding hydrogens is 186 g/mol. The van der Waals surface area contributed by atoms with Gasteiger partial charge >= 0.3 is 0 Å². The van der Waals surface area contributed by atoms with E-state index in [2.05, 4.69) is 4.98 Å². The normalized spacial score (nSPS) is 10.5. The zero-order valence-electron chi connectivity index (χ0n) is 6.96. The molecule has 0 saturated heterocycles. The number of nitrogens with one attached hydrogen (secondary N) is 1. The molecule has 0 aliphatic carbocycles. The van der Waals surface area contributed by atoms with Crippen LogP contribution in [0.2, 0.25) is 0 Å². The molecule has 0 saturated carbocycles. The lowest BCUT2D eigenvalue weighted by molar-refractivity contribution is 0.101. The van der Waals surface area contributed by atoms with E-state index in [9.17, 15) is 9.59 Å². The molecule has 4 heteroatoms. The van der Waals surface area contributed by atoms with Gasteiger partial charge in [-0.15, -0.1) is 11.3 Å². The van der Waals surface area contributed by atoms with E-state index in [0.717, 1.165) is 10.2 Å². The summed E-state index contributed by atoms with van der Waals surface area (Å²) in [7, 11) is 0. The van der Waals surface area contributed by atoms with E-state index in [1.807, 2.05) is 11.4 Å². The second-order valence-corrected chi connectivity index (χ2v) is 3.69. The van der Waals surface area contributed by atoms with Crippen molar-refractivity contribution in [3.05, 3.63) is 33.4 Å². The van der Waals surface area contributed by atoms with Crippen LogP contribution in [0.4, 0.5) is 0 Å². The van der Waals surface area contributed by atoms with Crippen LogP contribution in [0.1, 0.15) is 17.3 Å². The Morgan fingerprint density at radius 1 is 1.54 bits per heavy atom. The fraction of sp³-hybridized carbons (Fsp3) is 0.111.